The summed E-state index contributed by atoms with van der Waals surface area (Å²) in [4.78, 5) is 13.2. The second kappa shape index (κ2) is 9.85. The van der Waals surface area contributed by atoms with E-state index in [0.717, 1.165) is 10.8 Å². The number of methoxy groups -OCH3 is 1. The van der Waals surface area contributed by atoms with Gasteiger partial charge in [-0.2, -0.15) is 4.31 Å². The largest absolute Gasteiger partial charge is 0.496 e. The van der Waals surface area contributed by atoms with Gasteiger partial charge in [-0.25, -0.2) is 8.42 Å². The molecule has 8 heteroatoms. The van der Waals surface area contributed by atoms with Gasteiger partial charge in [0.25, 0.3) is 5.91 Å². The Kier molecular flexibility index (Phi) is 6.88. The smallest absolute Gasteiger partial charge is 0.255 e. The standard InChI is InChI=1S/C26H23ClN2O4S/c1-29(34(31,32)22-13-11-21(27)12-14-22)17-20-16-19(10-15-25(20)33-2)26(30)28-24-9-5-7-18-6-3-4-8-23(18)24/h3-16H,17H2,1-2H3,(H,28,30). The third-order valence-electron chi connectivity index (χ3n) is 5.50. The van der Waals surface area contributed by atoms with Crippen molar-refractivity contribution >= 4 is 44.0 Å². The van der Waals surface area contributed by atoms with E-state index in [1.165, 1.54) is 42.7 Å². The maximum absolute atomic E-state index is 13.0. The Morgan fingerprint density at radius 2 is 1.68 bits per heavy atom. The lowest BCUT2D eigenvalue weighted by atomic mass is 10.1. The van der Waals surface area contributed by atoms with Crippen LogP contribution in [0.2, 0.25) is 5.02 Å². The minimum absolute atomic E-state index is 0.0174. The summed E-state index contributed by atoms with van der Waals surface area (Å²) in [6.07, 6.45) is 0. The first-order chi connectivity index (χ1) is 16.3. The van der Waals surface area contributed by atoms with E-state index in [4.69, 9.17) is 16.3 Å². The number of amides is 1. The Morgan fingerprint density at radius 3 is 2.41 bits per heavy atom. The van der Waals surface area contributed by atoms with Gasteiger partial charge in [0.15, 0.2) is 0 Å². The fraction of sp³-hybridized carbons (Fsp3) is 0.115. The second-order valence-electron chi connectivity index (χ2n) is 7.72. The van der Waals surface area contributed by atoms with E-state index in [1.54, 1.807) is 18.2 Å². The van der Waals surface area contributed by atoms with Crippen molar-refractivity contribution in [1.29, 1.82) is 0 Å². The number of nitrogens with one attached hydrogen (secondary N) is 1. The fourth-order valence-corrected chi connectivity index (χ4v) is 4.96. The minimum Gasteiger partial charge on any atom is -0.496 e. The monoisotopic (exact) mass is 494 g/mol. The predicted octanol–water partition coefficient (Wildman–Crippen LogP) is 5.57. The molecule has 0 saturated heterocycles. The summed E-state index contributed by atoms with van der Waals surface area (Å²) in [6, 6.07) is 24.4. The van der Waals surface area contributed by atoms with Crippen molar-refractivity contribution in [2.45, 2.75) is 11.4 Å². The third-order valence-corrected chi connectivity index (χ3v) is 7.56. The molecule has 0 heterocycles. The molecular formula is C26H23ClN2O4S. The first-order valence-electron chi connectivity index (χ1n) is 10.5. The number of sulfonamides is 1. The van der Waals surface area contributed by atoms with Crippen LogP contribution >= 0.6 is 11.6 Å². The zero-order valence-electron chi connectivity index (χ0n) is 18.7. The molecule has 1 N–H and O–H groups in total. The predicted molar refractivity (Wildman–Crippen MR) is 135 cm³/mol. The number of carbonyl (C=O) groups excluding carboxylic acids is 1. The van der Waals surface area contributed by atoms with Gasteiger partial charge in [-0.15, -0.1) is 0 Å². The molecule has 0 atom stereocenters. The van der Waals surface area contributed by atoms with E-state index in [1.807, 2.05) is 42.5 Å². The van der Waals surface area contributed by atoms with Crippen molar-refractivity contribution in [2.75, 3.05) is 19.5 Å². The topological polar surface area (TPSA) is 75.7 Å². The van der Waals surface area contributed by atoms with Crippen LogP contribution in [0.5, 0.6) is 5.75 Å². The summed E-state index contributed by atoms with van der Waals surface area (Å²) >= 11 is 5.89. The number of benzene rings is 4. The Balaban J connectivity index is 1.60. The highest BCUT2D eigenvalue weighted by Crippen LogP contribution is 2.27. The number of halogens is 1. The molecule has 6 nitrogen and oxygen atoms in total. The lowest BCUT2D eigenvalue weighted by molar-refractivity contribution is 0.102. The first kappa shape index (κ1) is 23.8. The molecule has 0 spiro atoms. The molecule has 4 aromatic rings. The van der Waals surface area contributed by atoms with E-state index >= 15 is 0 Å². The van der Waals surface area contributed by atoms with Gasteiger partial charge in [-0.3, -0.25) is 4.79 Å². The molecule has 0 fully saturated rings. The quantitative estimate of drug-likeness (QED) is 0.364. The number of fused-ring (bicyclic) bond motifs is 1. The van der Waals surface area contributed by atoms with E-state index in [-0.39, 0.29) is 17.3 Å². The van der Waals surface area contributed by atoms with Crippen LogP contribution in [-0.4, -0.2) is 32.8 Å². The highest BCUT2D eigenvalue weighted by Gasteiger charge is 2.23. The Bertz CT molecular complexity index is 1450. The van der Waals surface area contributed by atoms with Crippen LogP contribution in [0, 0.1) is 0 Å². The molecule has 0 aliphatic rings. The van der Waals surface area contributed by atoms with Gasteiger partial charge in [0.1, 0.15) is 5.75 Å². The van der Waals surface area contributed by atoms with Crippen molar-refractivity contribution in [2.24, 2.45) is 0 Å². The fourth-order valence-electron chi connectivity index (χ4n) is 3.68. The van der Waals surface area contributed by atoms with Crippen molar-refractivity contribution < 1.29 is 17.9 Å². The van der Waals surface area contributed by atoms with Crippen LogP contribution in [0.15, 0.2) is 89.8 Å². The van der Waals surface area contributed by atoms with Gasteiger partial charge in [0.05, 0.1) is 12.0 Å². The van der Waals surface area contributed by atoms with Crippen molar-refractivity contribution in [3.63, 3.8) is 0 Å². The molecule has 0 aliphatic heterocycles. The highest BCUT2D eigenvalue weighted by molar-refractivity contribution is 7.89. The molecule has 0 unspecified atom stereocenters. The summed E-state index contributed by atoms with van der Waals surface area (Å²) in [5, 5.41) is 5.36. The molecule has 0 bridgehead atoms. The van der Waals surface area contributed by atoms with Crippen LogP contribution in [0.25, 0.3) is 10.8 Å². The van der Waals surface area contributed by atoms with E-state index in [9.17, 15) is 13.2 Å². The molecule has 0 radical (unpaired) electrons. The van der Waals surface area contributed by atoms with Crippen molar-refractivity contribution in [1.82, 2.24) is 4.31 Å². The number of hydrogen-bond donors (Lipinski definition) is 1. The number of nitrogens with zero attached hydrogens (tertiary/aromatic N) is 1. The lowest BCUT2D eigenvalue weighted by Crippen LogP contribution is -2.27. The zero-order valence-corrected chi connectivity index (χ0v) is 20.2. The number of ether oxygens (including phenoxy) is 1. The van der Waals surface area contributed by atoms with Crippen LogP contribution in [0.3, 0.4) is 0 Å². The first-order valence-corrected chi connectivity index (χ1v) is 12.3. The Labute approximate surface area is 203 Å². The van der Waals surface area contributed by atoms with Crippen LogP contribution in [-0.2, 0) is 16.6 Å². The van der Waals surface area contributed by atoms with Crippen LogP contribution in [0.4, 0.5) is 5.69 Å². The summed E-state index contributed by atoms with van der Waals surface area (Å²) in [5.74, 6) is 0.184. The molecular weight excluding hydrogens is 472 g/mol. The maximum atomic E-state index is 13.0. The average Bonchev–Trinajstić information content (AvgIpc) is 2.84. The average molecular weight is 495 g/mol. The molecule has 34 heavy (non-hydrogen) atoms. The summed E-state index contributed by atoms with van der Waals surface area (Å²) in [5.41, 5.74) is 1.65. The molecule has 0 aliphatic carbocycles. The zero-order chi connectivity index (χ0) is 24.3. The Morgan fingerprint density at radius 1 is 0.971 bits per heavy atom. The second-order valence-corrected chi connectivity index (χ2v) is 10.2. The van der Waals surface area contributed by atoms with Gasteiger partial charge >= 0.3 is 0 Å². The molecule has 174 valence electrons. The van der Waals surface area contributed by atoms with Crippen molar-refractivity contribution in [3.05, 3.63) is 101 Å². The molecule has 0 aromatic heterocycles. The minimum atomic E-state index is -3.77. The molecule has 4 rings (SSSR count). The van der Waals surface area contributed by atoms with Gasteiger partial charge in [0, 0.05) is 40.8 Å². The van der Waals surface area contributed by atoms with Gasteiger partial charge in [0.2, 0.25) is 10.0 Å². The molecule has 4 aromatic carbocycles. The number of anilines is 1. The van der Waals surface area contributed by atoms with Gasteiger partial charge < -0.3 is 10.1 Å². The van der Waals surface area contributed by atoms with Crippen LogP contribution in [0.1, 0.15) is 15.9 Å². The van der Waals surface area contributed by atoms with Crippen molar-refractivity contribution in [3.8, 4) is 5.75 Å². The third kappa shape index (κ3) is 4.92. The number of carbonyl (C=O) groups is 1. The van der Waals surface area contributed by atoms with Gasteiger partial charge in [-0.05, 0) is 53.9 Å². The molecule has 1 amide bonds. The van der Waals surface area contributed by atoms with E-state index < -0.39 is 10.0 Å². The maximum Gasteiger partial charge on any atom is 0.255 e. The van der Waals surface area contributed by atoms with E-state index in [0.29, 0.717) is 27.6 Å². The summed E-state index contributed by atoms with van der Waals surface area (Å²) < 4.78 is 32.6. The van der Waals surface area contributed by atoms with Crippen LogP contribution < -0.4 is 10.1 Å². The normalized spacial score (nSPS) is 11.5. The number of rotatable bonds is 7. The summed E-state index contributed by atoms with van der Waals surface area (Å²) in [7, 11) is -0.786. The van der Waals surface area contributed by atoms with Gasteiger partial charge in [-0.1, -0.05) is 48.0 Å². The van der Waals surface area contributed by atoms with E-state index in [2.05, 4.69) is 5.32 Å². The highest BCUT2D eigenvalue weighted by atomic mass is 35.5. The Hall–Kier alpha value is -3.39. The number of hydrogen-bond acceptors (Lipinski definition) is 4. The summed E-state index contributed by atoms with van der Waals surface area (Å²) in [6.45, 7) is 0.0174. The molecule has 0 saturated carbocycles. The SMILES string of the molecule is COc1ccc(C(=O)Nc2cccc3ccccc23)cc1CN(C)S(=O)(=O)c1ccc(Cl)cc1. The lowest BCUT2D eigenvalue weighted by Gasteiger charge is -2.19.